The van der Waals surface area contributed by atoms with Crippen LogP contribution >= 0.6 is 0 Å². The van der Waals surface area contributed by atoms with Crippen LogP contribution in [0.2, 0.25) is 0 Å². The first-order chi connectivity index (χ1) is 22.9. The van der Waals surface area contributed by atoms with Crippen molar-refractivity contribution >= 4 is 24.0 Å². The lowest BCUT2D eigenvalue weighted by molar-refractivity contribution is -0.128. The number of esters is 3. The predicted octanol–water partition coefficient (Wildman–Crippen LogP) is 10.2. The van der Waals surface area contributed by atoms with E-state index in [0.29, 0.717) is 23.7 Å². The average molecular weight is 643 g/mol. The van der Waals surface area contributed by atoms with Gasteiger partial charge in [0.1, 0.15) is 17.2 Å². The SMILES string of the molecule is CCCCCCCCCOc1ccc(/C=C/C(=O)Oc2ccc(C(=O)Oc3ccc(C(=O)O[C@@H](C)CCCCCC)cc3)cc2)cc1. The maximum Gasteiger partial charge on any atom is 0.343 e. The van der Waals surface area contributed by atoms with Gasteiger partial charge in [-0.3, -0.25) is 0 Å². The molecule has 0 aliphatic rings. The van der Waals surface area contributed by atoms with E-state index in [9.17, 15) is 14.4 Å². The summed E-state index contributed by atoms with van der Waals surface area (Å²) in [5.74, 6) is -0.106. The normalized spacial score (nSPS) is 11.6. The number of rotatable bonds is 21. The number of hydrogen-bond acceptors (Lipinski definition) is 7. The van der Waals surface area contributed by atoms with Crippen LogP contribution in [0.1, 0.15) is 124 Å². The summed E-state index contributed by atoms with van der Waals surface area (Å²) in [6, 6.07) is 19.9. The molecule has 0 saturated heterocycles. The second-order valence-electron chi connectivity index (χ2n) is 11.8. The van der Waals surface area contributed by atoms with Crippen LogP contribution in [-0.2, 0) is 9.53 Å². The minimum atomic E-state index is -0.575. The highest BCUT2D eigenvalue weighted by Crippen LogP contribution is 2.19. The molecule has 0 spiro atoms. The van der Waals surface area contributed by atoms with Crippen molar-refractivity contribution in [2.24, 2.45) is 0 Å². The molecule has 3 aromatic carbocycles. The minimum absolute atomic E-state index is 0.155. The maximum atomic E-state index is 12.6. The van der Waals surface area contributed by atoms with Crippen LogP contribution in [0.5, 0.6) is 17.2 Å². The largest absolute Gasteiger partial charge is 0.494 e. The van der Waals surface area contributed by atoms with Crippen LogP contribution in [0.4, 0.5) is 0 Å². The zero-order chi connectivity index (χ0) is 33.7. The van der Waals surface area contributed by atoms with E-state index in [1.165, 1.54) is 75.3 Å². The number of carbonyl (C=O) groups excluding carboxylic acids is 3. The molecule has 0 heterocycles. The lowest BCUT2D eigenvalue weighted by Crippen LogP contribution is -2.15. The van der Waals surface area contributed by atoms with Gasteiger partial charge in [0, 0.05) is 6.08 Å². The van der Waals surface area contributed by atoms with E-state index in [-0.39, 0.29) is 11.7 Å². The molecule has 252 valence electrons. The summed E-state index contributed by atoms with van der Waals surface area (Å²) >= 11 is 0. The smallest absolute Gasteiger partial charge is 0.343 e. The van der Waals surface area contributed by atoms with Crippen LogP contribution < -0.4 is 14.2 Å². The molecule has 3 aromatic rings. The van der Waals surface area contributed by atoms with Crippen molar-refractivity contribution in [1.29, 1.82) is 0 Å². The first-order valence-electron chi connectivity index (χ1n) is 17.1. The first kappa shape index (κ1) is 37.1. The molecular weight excluding hydrogens is 592 g/mol. The molecule has 0 aliphatic carbocycles. The van der Waals surface area contributed by atoms with Crippen molar-refractivity contribution in [2.45, 2.75) is 104 Å². The summed E-state index contributed by atoms with van der Waals surface area (Å²) < 4.78 is 22.2. The maximum absolute atomic E-state index is 12.6. The van der Waals surface area contributed by atoms with Gasteiger partial charge in [-0.1, -0.05) is 83.8 Å². The quantitative estimate of drug-likeness (QED) is 0.0494. The van der Waals surface area contributed by atoms with E-state index in [0.717, 1.165) is 43.4 Å². The highest BCUT2D eigenvalue weighted by molar-refractivity contribution is 5.92. The third-order valence-corrected chi connectivity index (χ3v) is 7.69. The molecule has 0 saturated carbocycles. The number of benzene rings is 3. The fourth-order valence-electron chi connectivity index (χ4n) is 4.89. The highest BCUT2D eigenvalue weighted by atomic mass is 16.5. The van der Waals surface area contributed by atoms with Gasteiger partial charge >= 0.3 is 17.9 Å². The molecule has 0 aromatic heterocycles. The molecule has 7 nitrogen and oxygen atoms in total. The van der Waals surface area contributed by atoms with Crippen molar-refractivity contribution in [3.05, 3.63) is 95.6 Å². The van der Waals surface area contributed by atoms with E-state index < -0.39 is 17.9 Å². The molecule has 0 N–H and O–H groups in total. The number of carbonyl (C=O) groups is 3. The standard InChI is InChI=1S/C40H50O7/c1-4-6-8-10-11-12-14-30-44-35-23-16-32(17-24-35)18-29-38(41)46-36-25-19-34(20-26-36)40(43)47-37-27-21-33(22-28-37)39(42)45-31(3)15-13-9-7-5-2/h16-29,31H,4-15,30H2,1-3H3/b29-18+/t31-/m0/s1. The van der Waals surface area contributed by atoms with E-state index in [1.54, 1.807) is 30.3 Å². The Morgan fingerprint density at radius 3 is 1.72 bits per heavy atom. The minimum Gasteiger partial charge on any atom is -0.494 e. The summed E-state index contributed by atoms with van der Waals surface area (Å²) in [7, 11) is 0. The summed E-state index contributed by atoms with van der Waals surface area (Å²) in [6.45, 7) is 6.99. The number of ether oxygens (including phenoxy) is 4. The third kappa shape index (κ3) is 14.7. The van der Waals surface area contributed by atoms with Gasteiger partial charge in [0.25, 0.3) is 0 Å². The van der Waals surface area contributed by atoms with Gasteiger partial charge in [-0.2, -0.15) is 0 Å². The fourth-order valence-corrected chi connectivity index (χ4v) is 4.89. The summed E-state index contributed by atoms with van der Waals surface area (Å²) in [5.41, 5.74) is 1.53. The van der Waals surface area contributed by atoms with Crippen LogP contribution in [-0.4, -0.2) is 30.6 Å². The van der Waals surface area contributed by atoms with Crippen molar-refractivity contribution < 1.29 is 33.3 Å². The lowest BCUT2D eigenvalue weighted by atomic mass is 10.1. The van der Waals surface area contributed by atoms with Gasteiger partial charge in [0.15, 0.2) is 0 Å². The van der Waals surface area contributed by atoms with Crippen molar-refractivity contribution in [2.75, 3.05) is 6.61 Å². The summed E-state index contributed by atoms with van der Waals surface area (Å²) in [5, 5.41) is 0. The predicted molar refractivity (Wildman–Crippen MR) is 186 cm³/mol. The van der Waals surface area contributed by atoms with E-state index in [4.69, 9.17) is 18.9 Å². The topological polar surface area (TPSA) is 88.1 Å². The van der Waals surface area contributed by atoms with Gasteiger partial charge in [0.2, 0.25) is 0 Å². The van der Waals surface area contributed by atoms with Gasteiger partial charge < -0.3 is 18.9 Å². The van der Waals surface area contributed by atoms with Gasteiger partial charge in [-0.25, -0.2) is 14.4 Å². The van der Waals surface area contributed by atoms with E-state index in [2.05, 4.69) is 13.8 Å². The number of hydrogen-bond donors (Lipinski definition) is 0. The van der Waals surface area contributed by atoms with Crippen molar-refractivity contribution in [1.82, 2.24) is 0 Å². The molecule has 0 unspecified atom stereocenters. The Morgan fingerprint density at radius 1 is 0.596 bits per heavy atom. The number of unbranched alkanes of at least 4 members (excludes halogenated alkanes) is 9. The zero-order valence-corrected chi connectivity index (χ0v) is 28.2. The Morgan fingerprint density at radius 2 is 1.11 bits per heavy atom. The molecule has 1 atom stereocenters. The summed E-state index contributed by atoms with van der Waals surface area (Å²) in [6.07, 6.45) is 16.9. The second kappa shape index (κ2) is 21.4. The molecule has 0 bridgehead atoms. The van der Waals surface area contributed by atoms with E-state index >= 15 is 0 Å². The van der Waals surface area contributed by atoms with Crippen molar-refractivity contribution in [3.63, 3.8) is 0 Å². The Bertz CT molecular complexity index is 1380. The molecule has 0 amide bonds. The molecular formula is C40H50O7. The van der Waals surface area contributed by atoms with Gasteiger partial charge in [-0.05, 0) is 98.5 Å². The van der Waals surface area contributed by atoms with E-state index in [1.807, 2.05) is 31.2 Å². The fraction of sp³-hybridized carbons (Fsp3) is 0.425. The lowest BCUT2D eigenvalue weighted by Gasteiger charge is -2.13. The Labute approximate surface area is 280 Å². The Hall–Kier alpha value is -4.39. The van der Waals surface area contributed by atoms with Crippen LogP contribution in [0, 0.1) is 0 Å². The average Bonchev–Trinajstić information content (AvgIpc) is 3.08. The van der Waals surface area contributed by atoms with Crippen LogP contribution in [0.25, 0.3) is 6.08 Å². The van der Waals surface area contributed by atoms with Gasteiger partial charge in [0.05, 0.1) is 23.8 Å². The summed E-state index contributed by atoms with van der Waals surface area (Å²) in [4.78, 5) is 37.4. The Balaban J connectivity index is 1.38. The molecule has 0 aliphatic heterocycles. The van der Waals surface area contributed by atoms with Gasteiger partial charge in [-0.15, -0.1) is 0 Å². The zero-order valence-electron chi connectivity index (χ0n) is 28.2. The highest BCUT2D eigenvalue weighted by Gasteiger charge is 2.14. The Kier molecular flexibility index (Phi) is 16.9. The molecule has 3 rings (SSSR count). The third-order valence-electron chi connectivity index (χ3n) is 7.69. The van der Waals surface area contributed by atoms with Crippen LogP contribution in [0.3, 0.4) is 0 Å². The first-order valence-corrected chi connectivity index (χ1v) is 17.1. The molecule has 47 heavy (non-hydrogen) atoms. The van der Waals surface area contributed by atoms with Crippen LogP contribution in [0.15, 0.2) is 78.9 Å². The van der Waals surface area contributed by atoms with Crippen molar-refractivity contribution in [3.8, 4) is 17.2 Å². The molecule has 0 fully saturated rings. The monoisotopic (exact) mass is 642 g/mol. The second-order valence-corrected chi connectivity index (χ2v) is 11.8. The molecule has 7 heteroatoms. The molecule has 0 radical (unpaired) electrons.